The maximum Gasteiger partial charge on any atom is 0.307 e. The molecule has 1 saturated heterocycles. The highest BCUT2D eigenvalue weighted by atomic mass is 16.2. The van der Waals surface area contributed by atoms with Crippen LogP contribution in [-0.4, -0.2) is 55.9 Å². The lowest BCUT2D eigenvalue weighted by atomic mass is 10.0. The van der Waals surface area contributed by atoms with Gasteiger partial charge in [0.1, 0.15) is 5.57 Å². The fourth-order valence-corrected chi connectivity index (χ4v) is 2.42. The number of amides is 4. The number of imide groups is 2. The van der Waals surface area contributed by atoms with Gasteiger partial charge in [0.2, 0.25) is 23.9 Å². The summed E-state index contributed by atoms with van der Waals surface area (Å²) in [5.74, 6) is -1.96. The maximum absolute atomic E-state index is 12.2. The van der Waals surface area contributed by atoms with E-state index in [0.717, 1.165) is 4.48 Å². The van der Waals surface area contributed by atoms with Gasteiger partial charge >= 0.3 is 6.03 Å². The lowest BCUT2D eigenvalue weighted by Crippen LogP contribution is -2.55. The van der Waals surface area contributed by atoms with Gasteiger partial charge in [-0.2, -0.15) is 0 Å². The minimum atomic E-state index is -1.12. The molecule has 0 spiro atoms. The zero-order chi connectivity index (χ0) is 16.2. The first-order valence-electron chi connectivity index (χ1n) is 6.16. The Morgan fingerprint density at radius 2 is 1.36 bits per heavy atom. The molecule has 0 bridgehead atoms. The number of hydrogen-bond donors (Lipinski definition) is 0. The standard InChI is InChI=1S/C13H6B3N3O3/c1-6-7-4-2-3-5-8(7)10(17(6)14)9-11(20)18(15)13(22)19(16)12(9)21/h2-5H,1H2. The van der Waals surface area contributed by atoms with Crippen molar-refractivity contribution in [3.63, 3.8) is 0 Å². The Morgan fingerprint density at radius 1 is 0.864 bits per heavy atom. The quantitative estimate of drug-likeness (QED) is 0.531. The van der Waals surface area contributed by atoms with Crippen LogP contribution in [0, 0.1) is 0 Å². The van der Waals surface area contributed by atoms with Gasteiger partial charge in [0, 0.05) is 16.1 Å². The van der Waals surface area contributed by atoms with E-state index in [4.69, 9.17) is 23.9 Å². The predicted octanol–water partition coefficient (Wildman–Crippen LogP) is -1.91. The molecule has 100 valence electrons. The lowest BCUT2D eigenvalue weighted by Gasteiger charge is -2.30. The fourth-order valence-electron chi connectivity index (χ4n) is 2.42. The largest absolute Gasteiger partial charge is 0.396 e. The average molecular weight is 285 g/mol. The van der Waals surface area contributed by atoms with Gasteiger partial charge in [-0.15, -0.1) is 0 Å². The highest BCUT2D eigenvalue weighted by Gasteiger charge is 2.38. The van der Waals surface area contributed by atoms with Gasteiger partial charge in [0.25, 0.3) is 11.8 Å². The van der Waals surface area contributed by atoms with Gasteiger partial charge < -0.3 is 14.1 Å². The molecule has 0 N–H and O–H groups in total. The number of barbiturate groups is 1. The first-order chi connectivity index (χ1) is 10.4. The molecule has 1 aliphatic heterocycles. The average Bonchev–Trinajstić information content (AvgIpc) is 2.77. The van der Waals surface area contributed by atoms with Crippen LogP contribution in [0.1, 0.15) is 0 Å². The van der Waals surface area contributed by atoms with Crippen molar-refractivity contribution < 1.29 is 14.4 Å². The van der Waals surface area contributed by atoms with E-state index >= 15 is 0 Å². The molecule has 1 aliphatic rings. The summed E-state index contributed by atoms with van der Waals surface area (Å²) < 4.78 is 1.10. The molecule has 1 aromatic carbocycles. The third kappa shape index (κ3) is 1.68. The van der Waals surface area contributed by atoms with Crippen molar-refractivity contribution in [3.8, 4) is 0 Å². The number of nitrogens with zero attached hydrogens (tertiary/aromatic N) is 3. The molecular weight excluding hydrogens is 279 g/mol. The van der Waals surface area contributed by atoms with Gasteiger partial charge in [-0.25, -0.2) is 0 Å². The van der Waals surface area contributed by atoms with Crippen LogP contribution >= 0.6 is 0 Å². The van der Waals surface area contributed by atoms with Crippen LogP contribution in [0.15, 0.2) is 24.3 Å². The second kappa shape index (κ2) is 4.66. The Balaban J connectivity index is 2.52. The molecule has 22 heavy (non-hydrogen) atoms. The summed E-state index contributed by atoms with van der Waals surface area (Å²) in [5, 5.41) is 1.71. The Morgan fingerprint density at radius 3 is 1.91 bits per heavy atom. The van der Waals surface area contributed by atoms with Crippen molar-refractivity contribution >= 4 is 64.7 Å². The second-order valence-corrected chi connectivity index (χ2v) is 4.72. The predicted molar refractivity (Wildman–Crippen MR) is 81.9 cm³/mol. The summed E-state index contributed by atoms with van der Waals surface area (Å²) in [5.41, 5.74) is -0.391. The van der Waals surface area contributed by atoms with Crippen molar-refractivity contribution in [1.29, 1.82) is 0 Å². The summed E-state index contributed by atoms with van der Waals surface area (Å²) in [6, 6.07) is 5.79. The zero-order valence-electron chi connectivity index (χ0n) is 11.3. The molecule has 2 aromatic rings. The van der Waals surface area contributed by atoms with Crippen LogP contribution in [0.25, 0.3) is 22.9 Å². The molecule has 0 aliphatic carbocycles. The Labute approximate surface area is 128 Å². The van der Waals surface area contributed by atoms with Gasteiger partial charge in [-0.3, -0.25) is 14.4 Å². The zero-order valence-corrected chi connectivity index (χ0v) is 11.3. The van der Waals surface area contributed by atoms with E-state index in [-0.39, 0.29) is 15.0 Å². The van der Waals surface area contributed by atoms with Crippen molar-refractivity contribution in [2.75, 3.05) is 0 Å². The monoisotopic (exact) mass is 285 g/mol. The normalized spacial score (nSPS) is 16.0. The molecule has 3 rings (SSSR count). The highest BCUT2D eigenvalue weighted by Crippen LogP contribution is 2.15. The molecule has 2 heterocycles. The Bertz CT molecular complexity index is 940. The van der Waals surface area contributed by atoms with Crippen molar-refractivity contribution in [2.24, 2.45) is 0 Å². The maximum atomic E-state index is 12.2. The van der Waals surface area contributed by atoms with E-state index in [9.17, 15) is 14.4 Å². The number of urea groups is 1. The number of fused-ring (bicyclic) bond motifs is 1. The smallest absolute Gasteiger partial charge is 0.307 e. The van der Waals surface area contributed by atoms with E-state index in [1.807, 2.05) is 0 Å². The third-order valence-electron chi connectivity index (χ3n) is 3.54. The molecule has 4 amide bonds. The Hall–Kier alpha value is -2.70. The summed E-state index contributed by atoms with van der Waals surface area (Å²) in [7, 11) is 16.7. The van der Waals surface area contributed by atoms with E-state index in [1.54, 1.807) is 24.3 Å². The number of hydrogen-bond acceptors (Lipinski definition) is 3. The number of carbonyl (C=O) groups excluding carboxylic acids is 3. The Kier molecular flexibility index (Phi) is 3.02. The minimum Gasteiger partial charge on any atom is -0.396 e. The van der Waals surface area contributed by atoms with Gasteiger partial charge in [-0.05, 0) is 0 Å². The number of carbonyl (C=O) groups is 3. The van der Waals surface area contributed by atoms with E-state index in [0.29, 0.717) is 16.1 Å². The molecule has 0 saturated carbocycles. The van der Waals surface area contributed by atoms with Gasteiger partial charge in [-0.1, -0.05) is 30.8 Å². The number of benzene rings is 1. The van der Waals surface area contributed by atoms with Crippen molar-refractivity contribution in [1.82, 2.24) is 14.1 Å². The topological polar surface area (TPSA) is 62.6 Å². The number of aromatic nitrogens is 1. The highest BCUT2D eigenvalue weighted by molar-refractivity contribution is 6.55. The molecule has 9 heteroatoms. The lowest BCUT2D eigenvalue weighted by molar-refractivity contribution is -0.127. The van der Waals surface area contributed by atoms with Gasteiger partial charge in [0.05, 0.1) is 5.35 Å². The molecule has 0 atom stereocenters. The van der Waals surface area contributed by atoms with E-state index in [2.05, 4.69) is 6.58 Å². The van der Waals surface area contributed by atoms with Gasteiger partial charge in [0.15, 0.2) is 0 Å². The van der Waals surface area contributed by atoms with Crippen LogP contribution in [-0.2, 0) is 9.59 Å². The molecule has 1 aromatic heterocycles. The van der Waals surface area contributed by atoms with Crippen LogP contribution < -0.4 is 10.7 Å². The summed E-state index contributed by atoms with van der Waals surface area (Å²) in [6.45, 7) is 3.81. The first kappa shape index (κ1) is 14.3. The van der Waals surface area contributed by atoms with Crippen molar-refractivity contribution in [2.45, 2.75) is 0 Å². The minimum absolute atomic E-state index is 0.106. The summed E-state index contributed by atoms with van der Waals surface area (Å²) >= 11 is 0. The van der Waals surface area contributed by atoms with Crippen LogP contribution in [0.4, 0.5) is 4.79 Å². The second-order valence-electron chi connectivity index (χ2n) is 4.72. The molecule has 6 radical (unpaired) electrons. The van der Waals surface area contributed by atoms with Crippen LogP contribution in [0.5, 0.6) is 0 Å². The van der Waals surface area contributed by atoms with Crippen LogP contribution in [0.3, 0.4) is 0 Å². The summed E-state index contributed by atoms with van der Waals surface area (Å²) in [4.78, 5) is 36.6. The van der Waals surface area contributed by atoms with E-state index < -0.39 is 23.4 Å². The fraction of sp³-hybridized carbons (Fsp3) is 0. The van der Waals surface area contributed by atoms with Crippen LogP contribution in [0.2, 0.25) is 0 Å². The molecule has 1 fully saturated rings. The van der Waals surface area contributed by atoms with Crippen molar-refractivity contribution in [3.05, 3.63) is 35.0 Å². The van der Waals surface area contributed by atoms with E-state index in [1.165, 1.54) is 0 Å². The molecule has 6 nitrogen and oxygen atoms in total. The molecular formula is C13H6B3N3O3. The third-order valence-corrected chi connectivity index (χ3v) is 3.54. The SMILES string of the molecule is [B]N1C(=O)C(=c2c3ccccc3c(=C)n2[B])C(=O)N([B])C1=O. The number of rotatable bonds is 0. The summed E-state index contributed by atoms with van der Waals surface area (Å²) in [6.07, 6.45) is 0. The first-order valence-corrected chi connectivity index (χ1v) is 6.16. The molecule has 0 unspecified atom stereocenters.